The summed E-state index contributed by atoms with van der Waals surface area (Å²) in [5.41, 5.74) is 3.10. The molecule has 7 heteroatoms. The van der Waals surface area contributed by atoms with E-state index >= 15 is 0 Å². The van der Waals surface area contributed by atoms with Gasteiger partial charge >= 0.3 is 0 Å². The Morgan fingerprint density at radius 3 is 2.81 bits per heavy atom. The van der Waals surface area contributed by atoms with Gasteiger partial charge in [0.1, 0.15) is 16.5 Å². The number of amides is 1. The number of carbonyl (C=O) groups excluding carboxylic acids is 1. The first kappa shape index (κ1) is 16.8. The van der Waals surface area contributed by atoms with Crippen molar-refractivity contribution in [3.63, 3.8) is 0 Å². The summed E-state index contributed by atoms with van der Waals surface area (Å²) in [7, 11) is 0. The van der Waals surface area contributed by atoms with Crippen LogP contribution in [0.25, 0.3) is 11.3 Å². The maximum atomic E-state index is 12.5. The van der Waals surface area contributed by atoms with E-state index in [0.29, 0.717) is 11.4 Å². The number of fused-ring (bicyclic) bond motifs is 1. The molecule has 26 heavy (non-hydrogen) atoms. The summed E-state index contributed by atoms with van der Waals surface area (Å²) in [5.74, 6) is -0.00887. The number of nitrogens with one attached hydrogen (secondary N) is 2. The van der Waals surface area contributed by atoms with Crippen molar-refractivity contribution in [2.24, 2.45) is 0 Å². The highest BCUT2D eigenvalue weighted by atomic mass is 32.1. The lowest BCUT2D eigenvalue weighted by Gasteiger charge is -2.09. The number of phenols is 1. The van der Waals surface area contributed by atoms with Crippen molar-refractivity contribution in [2.75, 3.05) is 0 Å². The first-order valence-corrected chi connectivity index (χ1v) is 9.56. The number of nitrogens with zero attached hydrogens (tertiary/aromatic N) is 2. The molecule has 0 saturated carbocycles. The van der Waals surface area contributed by atoms with Gasteiger partial charge in [-0.05, 0) is 62.9 Å². The fraction of sp³-hybridized carbons (Fsp3) is 0.316. The number of carbonyl (C=O) groups is 1. The Labute approximate surface area is 155 Å². The van der Waals surface area contributed by atoms with Crippen molar-refractivity contribution in [2.45, 2.75) is 38.6 Å². The second kappa shape index (κ2) is 6.92. The van der Waals surface area contributed by atoms with E-state index in [1.54, 1.807) is 41.7 Å². The van der Waals surface area contributed by atoms with Crippen LogP contribution >= 0.6 is 11.3 Å². The molecule has 1 atom stereocenters. The minimum absolute atomic E-state index is 0.140. The largest absolute Gasteiger partial charge is 0.508 e. The number of aromatic amines is 1. The SMILES string of the molecule is C[C@@H](NC(=O)c1cc(-c2ccc(O)cc2)n[nH]1)c1nc2c(s1)CCCC2. The van der Waals surface area contributed by atoms with Crippen LogP contribution in [0.1, 0.15) is 51.9 Å². The standard InChI is InChI=1S/C19H20N4O2S/c1-11(19-21-14-4-2-3-5-17(14)26-19)20-18(25)16-10-15(22-23-16)12-6-8-13(24)9-7-12/h6-11,24H,2-5H2,1H3,(H,20,25)(H,22,23)/t11-/m1/s1. The topological polar surface area (TPSA) is 90.9 Å². The van der Waals surface area contributed by atoms with Crippen LogP contribution in [0.4, 0.5) is 0 Å². The fourth-order valence-electron chi connectivity index (χ4n) is 3.11. The number of thiazole rings is 1. The zero-order chi connectivity index (χ0) is 18.1. The predicted octanol–water partition coefficient (Wildman–Crippen LogP) is 3.61. The van der Waals surface area contributed by atoms with Gasteiger partial charge < -0.3 is 10.4 Å². The van der Waals surface area contributed by atoms with Crippen molar-refractivity contribution < 1.29 is 9.90 Å². The van der Waals surface area contributed by atoms with Crippen LogP contribution in [-0.4, -0.2) is 26.2 Å². The molecule has 0 bridgehead atoms. The summed E-state index contributed by atoms with van der Waals surface area (Å²) in [6, 6.07) is 8.28. The molecular weight excluding hydrogens is 348 g/mol. The third-order valence-corrected chi connectivity index (χ3v) is 5.91. The van der Waals surface area contributed by atoms with Gasteiger partial charge in [-0.25, -0.2) is 4.98 Å². The first-order valence-electron chi connectivity index (χ1n) is 8.74. The molecule has 1 aliphatic rings. The monoisotopic (exact) mass is 368 g/mol. The lowest BCUT2D eigenvalue weighted by molar-refractivity contribution is 0.0934. The smallest absolute Gasteiger partial charge is 0.269 e. The zero-order valence-corrected chi connectivity index (χ0v) is 15.3. The molecule has 134 valence electrons. The molecule has 4 rings (SSSR count). The third kappa shape index (κ3) is 3.35. The maximum absolute atomic E-state index is 12.5. The number of aryl methyl sites for hydroxylation is 2. The predicted molar refractivity (Wildman–Crippen MR) is 100 cm³/mol. The molecule has 2 aromatic heterocycles. The molecule has 1 amide bonds. The molecule has 1 aliphatic carbocycles. The lowest BCUT2D eigenvalue weighted by atomic mass is 10.0. The number of hydrogen-bond donors (Lipinski definition) is 3. The maximum Gasteiger partial charge on any atom is 0.269 e. The molecule has 3 N–H and O–H groups in total. The van der Waals surface area contributed by atoms with E-state index in [4.69, 9.17) is 4.98 Å². The number of benzene rings is 1. The number of phenolic OH excluding ortho intramolecular Hbond substituents is 1. The van der Waals surface area contributed by atoms with Gasteiger partial charge in [-0.15, -0.1) is 11.3 Å². The van der Waals surface area contributed by atoms with E-state index in [1.807, 2.05) is 6.92 Å². The highest BCUT2D eigenvalue weighted by molar-refractivity contribution is 7.11. The summed E-state index contributed by atoms with van der Waals surface area (Å²) in [6.45, 7) is 1.96. The molecule has 0 aliphatic heterocycles. The Morgan fingerprint density at radius 2 is 2.04 bits per heavy atom. The molecule has 0 unspecified atom stereocenters. The molecule has 2 heterocycles. The number of hydrogen-bond acceptors (Lipinski definition) is 5. The third-order valence-electron chi connectivity index (χ3n) is 4.57. The highest BCUT2D eigenvalue weighted by Gasteiger charge is 2.20. The van der Waals surface area contributed by atoms with Gasteiger partial charge in [0.15, 0.2) is 0 Å². The Balaban J connectivity index is 1.46. The normalized spacial score (nSPS) is 14.7. The van der Waals surface area contributed by atoms with Crippen LogP contribution in [0.5, 0.6) is 5.75 Å². The average Bonchev–Trinajstić information content (AvgIpc) is 3.29. The van der Waals surface area contributed by atoms with Crippen molar-refractivity contribution >= 4 is 17.2 Å². The second-order valence-electron chi connectivity index (χ2n) is 6.54. The van der Waals surface area contributed by atoms with E-state index in [0.717, 1.165) is 23.4 Å². The molecule has 0 fully saturated rings. The Morgan fingerprint density at radius 1 is 1.27 bits per heavy atom. The highest BCUT2D eigenvalue weighted by Crippen LogP contribution is 2.30. The Bertz CT molecular complexity index is 906. The summed E-state index contributed by atoms with van der Waals surface area (Å²) < 4.78 is 0. The number of aromatic nitrogens is 3. The van der Waals surface area contributed by atoms with Crippen molar-refractivity contribution in [1.29, 1.82) is 0 Å². The van der Waals surface area contributed by atoms with Gasteiger partial charge in [0.25, 0.3) is 5.91 Å². The molecule has 1 aromatic carbocycles. The molecule has 3 aromatic rings. The van der Waals surface area contributed by atoms with Crippen molar-refractivity contribution in [3.8, 4) is 17.0 Å². The van der Waals surface area contributed by atoms with Crippen LogP contribution in [0.15, 0.2) is 30.3 Å². The van der Waals surface area contributed by atoms with Gasteiger partial charge in [-0.1, -0.05) is 0 Å². The first-order chi connectivity index (χ1) is 12.6. The Kier molecular flexibility index (Phi) is 4.46. The van der Waals surface area contributed by atoms with E-state index in [-0.39, 0.29) is 17.7 Å². The fourth-order valence-corrected chi connectivity index (χ4v) is 4.27. The van der Waals surface area contributed by atoms with E-state index < -0.39 is 0 Å². The van der Waals surface area contributed by atoms with E-state index in [1.165, 1.54) is 23.4 Å². The summed E-state index contributed by atoms with van der Waals surface area (Å²) in [5, 5.41) is 20.3. The number of aromatic hydroxyl groups is 1. The van der Waals surface area contributed by atoms with Gasteiger partial charge in [0.05, 0.1) is 17.4 Å². The molecular formula is C19H20N4O2S. The van der Waals surface area contributed by atoms with Crippen LogP contribution in [0.3, 0.4) is 0 Å². The number of rotatable bonds is 4. The minimum atomic E-state index is -0.205. The molecule has 0 spiro atoms. The van der Waals surface area contributed by atoms with Crippen LogP contribution < -0.4 is 5.32 Å². The zero-order valence-electron chi connectivity index (χ0n) is 14.5. The number of H-pyrrole nitrogens is 1. The second-order valence-corrected chi connectivity index (χ2v) is 7.65. The van der Waals surface area contributed by atoms with E-state index in [9.17, 15) is 9.90 Å². The van der Waals surface area contributed by atoms with Gasteiger partial charge in [-0.2, -0.15) is 5.10 Å². The molecule has 0 radical (unpaired) electrons. The summed E-state index contributed by atoms with van der Waals surface area (Å²) in [4.78, 5) is 18.6. The van der Waals surface area contributed by atoms with Crippen molar-refractivity contribution in [3.05, 3.63) is 51.6 Å². The van der Waals surface area contributed by atoms with Gasteiger partial charge in [-0.3, -0.25) is 9.89 Å². The van der Waals surface area contributed by atoms with Crippen LogP contribution in [0, 0.1) is 0 Å². The van der Waals surface area contributed by atoms with Crippen LogP contribution in [-0.2, 0) is 12.8 Å². The van der Waals surface area contributed by atoms with E-state index in [2.05, 4.69) is 15.5 Å². The van der Waals surface area contributed by atoms with Crippen LogP contribution in [0.2, 0.25) is 0 Å². The van der Waals surface area contributed by atoms with Crippen molar-refractivity contribution in [1.82, 2.24) is 20.5 Å². The Hall–Kier alpha value is -2.67. The van der Waals surface area contributed by atoms with Gasteiger partial charge in [0, 0.05) is 10.4 Å². The lowest BCUT2D eigenvalue weighted by Crippen LogP contribution is -2.26. The quantitative estimate of drug-likeness (QED) is 0.656. The molecule has 0 saturated heterocycles. The average molecular weight is 368 g/mol. The summed E-state index contributed by atoms with van der Waals surface area (Å²) in [6.07, 6.45) is 4.57. The summed E-state index contributed by atoms with van der Waals surface area (Å²) >= 11 is 1.71. The minimum Gasteiger partial charge on any atom is -0.508 e. The van der Waals surface area contributed by atoms with Gasteiger partial charge in [0.2, 0.25) is 0 Å². The molecule has 6 nitrogen and oxygen atoms in total.